The molecule has 0 spiro atoms. The molecular formula is C19H21N5O3. The molecule has 0 bridgehead atoms. The van der Waals surface area contributed by atoms with Crippen LogP contribution < -0.4 is 5.32 Å². The Kier molecular flexibility index (Phi) is 4.72. The van der Waals surface area contributed by atoms with Gasteiger partial charge in [-0.15, -0.1) is 5.10 Å². The van der Waals surface area contributed by atoms with Crippen LogP contribution in [0.1, 0.15) is 42.1 Å². The molecule has 27 heavy (non-hydrogen) atoms. The van der Waals surface area contributed by atoms with Crippen molar-refractivity contribution in [2.45, 2.75) is 38.5 Å². The first kappa shape index (κ1) is 17.4. The first-order valence-electron chi connectivity index (χ1n) is 8.99. The average Bonchev–Trinajstić information content (AvgIpc) is 3.30. The summed E-state index contributed by atoms with van der Waals surface area (Å²) in [4.78, 5) is 12.3. The van der Waals surface area contributed by atoms with Gasteiger partial charge in [0.25, 0.3) is 5.91 Å². The van der Waals surface area contributed by atoms with Gasteiger partial charge in [0.15, 0.2) is 0 Å². The van der Waals surface area contributed by atoms with Crippen LogP contribution in [-0.4, -0.2) is 37.2 Å². The molecule has 1 aliphatic rings. The van der Waals surface area contributed by atoms with Crippen molar-refractivity contribution in [2.24, 2.45) is 5.92 Å². The second-order valence-corrected chi connectivity index (χ2v) is 6.99. The predicted octanol–water partition coefficient (Wildman–Crippen LogP) is 2.20. The predicted molar refractivity (Wildman–Crippen MR) is 96.6 cm³/mol. The van der Waals surface area contributed by atoms with Crippen molar-refractivity contribution in [3.8, 4) is 11.3 Å². The van der Waals surface area contributed by atoms with Crippen LogP contribution in [0.5, 0.6) is 0 Å². The summed E-state index contributed by atoms with van der Waals surface area (Å²) in [5.74, 6) is 0.397. The van der Waals surface area contributed by atoms with Gasteiger partial charge in [0.2, 0.25) is 5.76 Å². The summed E-state index contributed by atoms with van der Waals surface area (Å²) in [6.07, 6.45) is 2.88. The van der Waals surface area contributed by atoms with Crippen LogP contribution in [0.4, 0.5) is 0 Å². The summed E-state index contributed by atoms with van der Waals surface area (Å²) >= 11 is 0. The fourth-order valence-electron chi connectivity index (χ4n) is 3.24. The van der Waals surface area contributed by atoms with Crippen molar-refractivity contribution in [1.82, 2.24) is 25.5 Å². The molecule has 4 rings (SSSR count). The van der Waals surface area contributed by atoms with Gasteiger partial charge in [-0.3, -0.25) is 9.48 Å². The number of nitrogens with zero attached hydrogens (tertiary/aromatic N) is 4. The molecule has 0 aliphatic heterocycles. The number of aliphatic hydroxyl groups excluding tert-OH is 1. The van der Waals surface area contributed by atoms with E-state index in [2.05, 4.69) is 20.8 Å². The topological polar surface area (TPSA) is 106 Å². The van der Waals surface area contributed by atoms with Crippen molar-refractivity contribution >= 4 is 5.91 Å². The van der Waals surface area contributed by atoms with Gasteiger partial charge in [0.1, 0.15) is 11.4 Å². The van der Waals surface area contributed by atoms with E-state index < -0.39 is 6.10 Å². The van der Waals surface area contributed by atoms with Crippen LogP contribution in [0, 0.1) is 5.92 Å². The Bertz CT molecular complexity index is 912. The number of nitrogens with one attached hydrogen (secondary N) is 1. The Balaban J connectivity index is 1.27. The van der Waals surface area contributed by atoms with Crippen molar-refractivity contribution in [3.63, 3.8) is 0 Å². The van der Waals surface area contributed by atoms with Gasteiger partial charge in [-0.05, 0) is 25.7 Å². The van der Waals surface area contributed by atoms with E-state index in [1.807, 2.05) is 30.3 Å². The monoisotopic (exact) mass is 367 g/mol. The highest BCUT2D eigenvalue weighted by Crippen LogP contribution is 2.29. The van der Waals surface area contributed by atoms with Crippen LogP contribution in [0.25, 0.3) is 11.3 Å². The normalized spacial score (nSPS) is 20.1. The van der Waals surface area contributed by atoms with E-state index in [-0.39, 0.29) is 17.7 Å². The summed E-state index contributed by atoms with van der Waals surface area (Å²) in [5.41, 5.74) is 2.12. The molecule has 0 saturated heterocycles. The van der Waals surface area contributed by atoms with Gasteiger partial charge in [-0.2, -0.15) is 0 Å². The molecule has 1 amide bonds. The van der Waals surface area contributed by atoms with Crippen molar-refractivity contribution in [3.05, 3.63) is 54.0 Å². The highest BCUT2D eigenvalue weighted by Gasteiger charge is 2.32. The van der Waals surface area contributed by atoms with Crippen LogP contribution in [0.3, 0.4) is 0 Å². The number of carbonyl (C=O) groups excluding carboxylic acids is 1. The molecule has 0 radical (unpaired) electrons. The molecule has 3 aromatic rings. The second kappa shape index (κ2) is 7.32. The Morgan fingerprint density at radius 1 is 1.37 bits per heavy atom. The van der Waals surface area contributed by atoms with Crippen LogP contribution in [0.15, 0.2) is 47.1 Å². The van der Waals surface area contributed by atoms with Gasteiger partial charge in [0, 0.05) is 24.2 Å². The number of benzene rings is 1. The maximum atomic E-state index is 12.3. The van der Waals surface area contributed by atoms with Crippen molar-refractivity contribution < 1.29 is 14.4 Å². The maximum absolute atomic E-state index is 12.3. The Hall–Kier alpha value is -3.00. The zero-order valence-corrected chi connectivity index (χ0v) is 14.9. The van der Waals surface area contributed by atoms with E-state index in [0.29, 0.717) is 17.3 Å². The molecule has 1 saturated carbocycles. The number of hydrogen-bond acceptors (Lipinski definition) is 6. The Morgan fingerprint density at radius 2 is 2.15 bits per heavy atom. The third kappa shape index (κ3) is 3.90. The SMILES string of the molecule is C[C@H](O)c1cn(CC2CC(NC(=O)c3cc(-c4ccccc4)no3)C2)nn1. The Labute approximate surface area is 156 Å². The molecule has 1 atom stereocenters. The minimum Gasteiger partial charge on any atom is -0.387 e. The number of amides is 1. The standard InChI is InChI=1S/C19H21N5O3/c1-12(25)17-11-24(23-21-17)10-13-7-15(8-13)20-19(26)18-9-16(22-27-18)14-5-3-2-4-6-14/h2-6,9,11-13,15,25H,7-8,10H2,1H3,(H,20,26)/t12-,13?,15?/m0/s1. The lowest BCUT2D eigenvalue weighted by atomic mass is 9.80. The number of aliphatic hydroxyl groups is 1. The number of rotatable bonds is 6. The first-order chi connectivity index (χ1) is 13.1. The zero-order chi connectivity index (χ0) is 18.8. The highest BCUT2D eigenvalue weighted by atomic mass is 16.5. The fourth-order valence-corrected chi connectivity index (χ4v) is 3.24. The summed E-state index contributed by atoms with van der Waals surface area (Å²) in [7, 11) is 0. The first-order valence-corrected chi connectivity index (χ1v) is 8.99. The van der Waals surface area contributed by atoms with Gasteiger partial charge in [-0.25, -0.2) is 0 Å². The number of hydrogen-bond donors (Lipinski definition) is 2. The molecule has 1 aromatic carbocycles. The van der Waals surface area contributed by atoms with E-state index >= 15 is 0 Å². The van der Waals surface area contributed by atoms with Gasteiger partial charge >= 0.3 is 0 Å². The Morgan fingerprint density at radius 3 is 2.85 bits per heavy atom. The lowest BCUT2D eigenvalue weighted by molar-refractivity contribution is 0.0842. The molecule has 1 aliphatic carbocycles. The zero-order valence-electron chi connectivity index (χ0n) is 14.9. The van der Waals surface area contributed by atoms with Gasteiger partial charge < -0.3 is 14.9 Å². The van der Waals surface area contributed by atoms with E-state index in [9.17, 15) is 9.90 Å². The van der Waals surface area contributed by atoms with E-state index in [0.717, 1.165) is 24.9 Å². The van der Waals surface area contributed by atoms with Crippen LogP contribution in [0.2, 0.25) is 0 Å². The molecule has 140 valence electrons. The molecule has 2 N–H and O–H groups in total. The van der Waals surface area contributed by atoms with E-state index in [4.69, 9.17) is 4.52 Å². The lowest BCUT2D eigenvalue weighted by Gasteiger charge is -2.35. The molecule has 8 nitrogen and oxygen atoms in total. The summed E-state index contributed by atoms with van der Waals surface area (Å²) in [6, 6.07) is 11.4. The van der Waals surface area contributed by atoms with Crippen molar-refractivity contribution in [2.75, 3.05) is 0 Å². The minimum atomic E-state index is -0.616. The molecule has 2 heterocycles. The second-order valence-electron chi connectivity index (χ2n) is 6.99. The van der Waals surface area contributed by atoms with E-state index in [1.165, 1.54) is 0 Å². The number of aromatic nitrogens is 4. The lowest BCUT2D eigenvalue weighted by Crippen LogP contribution is -2.45. The number of carbonyl (C=O) groups is 1. The minimum absolute atomic E-state index is 0.118. The smallest absolute Gasteiger partial charge is 0.290 e. The third-order valence-electron chi connectivity index (χ3n) is 4.80. The van der Waals surface area contributed by atoms with Gasteiger partial charge in [0.05, 0.1) is 12.3 Å². The largest absolute Gasteiger partial charge is 0.387 e. The molecule has 0 unspecified atom stereocenters. The maximum Gasteiger partial charge on any atom is 0.290 e. The summed E-state index contributed by atoms with van der Waals surface area (Å²) in [6.45, 7) is 2.39. The fraction of sp³-hybridized carbons (Fsp3) is 0.368. The summed E-state index contributed by atoms with van der Waals surface area (Å²) in [5, 5.41) is 24.4. The van der Waals surface area contributed by atoms with Gasteiger partial charge in [-0.1, -0.05) is 40.7 Å². The molecular weight excluding hydrogens is 346 g/mol. The average molecular weight is 367 g/mol. The highest BCUT2D eigenvalue weighted by molar-refractivity contribution is 5.92. The molecule has 8 heteroatoms. The van der Waals surface area contributed by atoms with Crippen LogP contribution >= 0.6 is 0 Å². The molecule has 2 aromatic heterocycles. The molecule has 1 fully saturated rings. The van der Waals surface area contributed by atoms with Crippen LogP contribution in [-0.2, 0) is 6.54 Å². The quantitative estimate of drug-likeness (QED) is 0.692. The third-order valence-corrected chi connectivity index (χ3v) is 4.80. The summed E-state index contributed by atoms with van der Waals surface area (Å²) < 4.78 is 6.93. The van der Waals surface area contributed by atoms with Crippen molar-refractivity contribution in [1.29, 1.82) is 0 Å². The van der Waals surface area contributed by atoms with E-state index in [1.54, 1.807) is 23.9 Å².